The molecule has 0 saturated heterocycles. The molecule has 0 radical (unpaired) electrons. The Bertz CT molecular complexity index is 186. The van der Waals surface area contributed by atoms with Gasteiger partial charge in [0.2, 0.25) is 0 Å². The maximum atomic E-state index is 9.79. The highest BCUT2D eigenvalue weighted by Gasteiger charge is 1.94. The number of azo groups is 1. The summed E-state index contributed by atoms with van der Waals surface area (Å²) in [6.07, 6.45) is 0. The lowest BCUT2D eigenvalue weighted by Crippen LogP contribution is -2.01. The first kappa shape index (κ1) is 15.4. The van der Waals surface area contributed by atoms with E-state index in [1.807, 2.05) is 27.7 Å². The largest absolute Gasteiger partial charge is 0.291 e. The molecule has 0 spiro atoms. The molecule has 0 aliphatic heterocycles. The molecule has 4 nitrogen and oxygen atoms in total. The first-order valence-electron chi connectivity index (χ1n) is 4.68. The minimum atomic E-state index is -0.380. The molecule has 0 amide bonds. The van der Waals surface area contributed by atoms with Crippen LogP contribution in [0.4, 0.5) is 0 Å². The number of carbonyl (C=O) groups is 2. The molecular formula is C10H20N2O2. The fourth-order valence-corrected chi connectivity index (χ4v) is 0.267. The number of hydrogen-bond donors (Lipinski definition) is 0. The Hall–Kier alpha value is -1.06. The summed E-state index contributed by atoms with van der Waals surface area (Å²) < 4.78 is 0. The quantitative estimate of drug-likeness (QED) is 0.519. The minimum absolute atomic E-state index is 0.345. The summed E-state index contributed by atoms with van der Waals surface area (Å²) in [5.74, 6) is -0.759. The van der Waals surface area contributed by atoms with Crippen molar-refractivity contribution >= 4 is 11.6 Å². The molecule has 0 aliphatic carbocycles. The Morgan fingerprint density at radius 1 is 0.786 bits per heavy atom. The van der Waals surface area contributed by atoms with E-state index in [4.69, 9.17) is 0 Å². The van der Waals surface area contributed by atoms with Gasteiger partial charge < -0.3 is 0 Å². The van der Waals surface area contributed by atoms with Crippen LogP contribution in [-0.2, 0) is 9.59 Å². The highest BCUT2D eigenvalue weighted by Crippen LogP contribution is 1.91. The lowest BCUT2D eigenvalue weighted by atomic mass is 10.3. The second kappa shape index (κ2) is 8.53. The van der Waals surface area contributed by atoms with Crippen molar-refractivity contribution in [3.63, 3.8) is 0 Å². The van der Waals surface area contributed by atoms with Gasteiger partial charge in [0, 0.05) is 13.8 Å². The van der Waals surface area contributed by atoms with Crippen LogP contribution in [0.15, 0.2) is 10.2 Å². The summed E-state index contributed by atoms with van der Waals surface area (Å²) in [6.45, 7) is 10.6. The van der Waals surface area contributed by atoms with Crippen molar-refractivity contribution in [2.45, 2.75) is 53.6 Å². The van der Waals surface area contributed by atoms with Crippen LogP contribution in [0.3, 0.4) is 0 Å². The van der Waals surface area contributed by atoms with Crippen molar-refractivity contribution in [3.05, 3.63) is 0 Å². The van der Waals surface area contributed by atoms with Gasteiger partial charge in [0.25, 0.3) is 0 Å². The zero-order chi connectivity index (χ0) is 11.7. The smallest absolute Gasteiger partial charge is 0.195 e. The van der Waals surface area contributed by atoms with E-state index in [1.54, 1.807) is 0 Å². The topological polar surface area (TPSA) is 58.9 Å². The van der Waals surface area contributed by atoms with Crippen LogP contribution in [0.1, 0.15) is 41.5 Å². The van der Waals surface area contributed by atoms with E-state index in [0.29, 0.717) is 12.1 Å². The van der Waals surface area contributed by atoms with E-state index >= 15 is 0 Å². The standard InChI is InChI=1S/C6H14N2.C4H6O2/c1-5(2)7-8-6(3)4;1-3(5)4(2)6/h5-6H,1-4H3;1-2H3. The molecule has 0 aromatic carbocycles. The van der Waals surface area contributed by atoms with Crippen LogP contribution in [-0.4, -0.2) is 23.7 Å². The minimum Gasteiger partial charge on any atom is -0.291 e. The zero-order valence-electron chi connectivity index (χ0n) is 9.87. The van der Waals surface area contributed by atoms with Gasteiger partial charge in [0.15, 0.2) is 11.6 Å². The fraction of sp³-hybridized carbons (Fsp3) is 0.800. The molecule has 0 atom stereocenters. The first-order valence-corrected chi connectivity index (χ1v) is 4.68. The summed E-state index contributed by atoms with van der Waals surface area (Å²) in [6, 6.07) is 0.690. The Labute approximate surface area is 85.8 Å². The third-order valence-corrected chi connectivity index (χ3v) is 1.02. The monoisotopic (exact) mass is 200 g/mol. The highest BCUT2D eigenvalue weighted by molar-refractivity contribution is 6.35. The molecule has 0 rings (SSSR count). The number of nitrogens with zero attached hydrogens (tertiary/aromatic N) is 2. The number of Topliss-reactive ketones (excluding diaryl/α,β-unsaturated/α-hetero) is 2. The highest BCUT2D eigenvalue weighted by atomic mass is 16.2. The Morgan fingerprint density at radius 3 is 1.07 bits per heavy atom. The van der Waals surface area contributed by atoms with Crippen molar-refractivity contribution in [3.8, 4) is 0 Å². The first-order chi connectivity index (χ1) is 6.27. The van der Waals surface area contributed by atoms with Gasteiger partial charge >= 0.3 is 0 Å². The maximum absolute atomic E-state index is 9.79. The Morgan fingerprint density at radius 2 is 1.00 bits per heavy atom. The second-order valence-electron chi connectivity index (χ2n) is 3.53. The number of carbonyl (C=O) groups excluding carboxylic acids is 2. The number of hydrogen-bond acceptors (Lipinski definition) is 4. The molecule has 14 heavy (non-hydrogen) atoms. The summed E-state index contributed by atoms with van der Waals surface area (Å²) in [5.41, 5.74) is 0. The molecule has 0 heterocycles. The van der Waals surface area contributed by atoms with Gasteiger partial charge in [-0.3, -0.25) is 9.59 Å². The molecule has 0 aliphatic rings. The summed E-state index contributed by atoms with van der Waals surface area (Å²) in [7, 11) is 0. The van der Waals surface area contributed by atoms with Gasteiger partial charge in [-0.15, -0.1) is 0 Å². The van der Waals surface area contributed by atoms with Crippen LogP contribution in [0.2, 0.25) is 0 Å². The van der Waals surface area contributed by atoms with Gasteiger partial charge in [-0.1, -0.05) is 0 Å². The second-order valence-corrected chi connectivity index (χ2v) is 3.53. The molecule has 0 aromatic heterocycles. The van der Waals surface area contributed by atoms with E-state index in [2.05, 4.69) is 10.2 Å². The van der Waals surface area contributed by atoms with Crippen LogP contribution in [0, 0.1) is 0 Å². The van der Waals surface area contributed by atoms with E-state index in [1.165, 1.54) is 13.8 Å². The van der Waals surface area contributed by atoms with E-state index in [-0.39, 0.29) is 11.6 Å². The summed E-state index contributed by atoms with van der Waals surface area (Å²) >= 11 is 0. The SMILES string of the molecule is CC(=O)C(C)=O.CC(C)N=NC(C)C. The Kier molecular flexibility index (Phi) is 9.40. The molecule has 0 saturated carbocycles. The van der Waals surface area contributed by atoms with Gasteiger partial charge in [-0.2, -0.15) is 10.2 Å². The Balaban J connectivity index is 0. The van der Waals surface area contributed by atoms with E-state index in [0.717, 1.165) is 0 Å². The van der Waals surface area contributed by atoms with Crippen molar-refractivity contribution in [1.82, 2.24) is 0 Å². The summed E-state index contributed by atoms with van der Waals surface area (Å²) in [4.78, 5) is 19.6. The maximum Gasteiger partial charge on any atom is 0.195 e. The predicted octanol–water partition coefficient (Wildman–Crippen LogP) is 2.42. The molecule has 0 fully saturated rings. The molecule has 0 aromatic rings. The van der Waals surface area contributed by atoms with Crippen LogP contribution in [0.25, 0.3) is 0 Å². The predicted molar refractivity (Wildman–Crippen MR) is 56.5 cm³/mol. The van der Waals surface area contributed by atoms with Crippen molar-refractivity contribution < 1.29 is 9.59 Å². The summed E-state index contributed by atoms with van der Waals surface area (Å²) in [5, 5.41) is 7.90. The van der Waals surface area contributed by atoms with Crippen LogP contribution < -0.4 is 0 Å². The molecule has 0 bridgehead atoms. The van der Waals surface area contributed by atoms with E-state index in [9.17, 15) is 9.59 Å². The van der Waals surface area contributed by atoms with Crippen molar-refractivity contribution in [2.24, 2.45) is 10.2 Å². The van der Waals surface area contributed by atoms with Crippen molar-refractivity contribution in [1.29, 1.82) is 0 Å². The molecule has 82 valence electrons. The third-order valence-electron chi connectivity index (χ3n) is 1.02. The molecule has 4 heteroatoms. The van der Waals surface area contributed by atoms with Crippen LogP contribution >= 0.6 is 0 Å². The molecule has 0 N–H and O–H groups in total. The van der Waals surface area contributed by atoms with E-state index < -0.39 is 0 Å². The number of ketones is 2. The molecule has 0 unspecified atom stereocenters. The van der Waals surface area contributed by atoms with Gasteiger partial charge in [-0.25, -0.2) is 0 Å². The van der Waals surface area contributed by atoms with Gasteiger partial charge in [-0.05, 0) is 27.7 Å². The fourth-order valence-electron chi connectivity index (χ4n) is 0.267. The average Bonchev–Trinajstić information content (AvgIpc) is 2.01. The van der Waals surface area contributed by atoms with Gasteiger partial charge in [0.05, 0.1) is 12.1 Å². The van der Waals surface area contributed by atoms with Gasteiger partial charge in [0.1, 0.15) is 0 Å². The lowest BCUT2D eigenvalue weighted by molar-refractivity contribution is -0.134. The van der Waals surface area contributed by atoms with Crippen molar-refractivity contribution in [2.75, 3.05) is 0 Å². The number of rotatable bonds is 3. The third kappa shape index (κ3) is 17.1. The normalized spacial score (nSPS) is 10.3. The lowest BCUT2D eigenvalue weighted by Gasteiger charge is -1.94. The van der Waals surface area contributed by atoms with Crippen LogP contribution in [0.5, 0.6) is 0 Å². The average molecular weight is 200 g/mol. The molecular weight excluding hydrogens is 180 g/mol. The zero-order valence-corrected chi connectivity index (χ0v) is 9.87.